The van der Waals surface area contributed by atoms with Gasteiger partial charge in [-0.2, -0.15) is 0 Å². The summed E-state index contributed by atoms with van der Waals surface area (Å²) in [4.78, 5) is 4.49. The SMILES string of the molecule is NNC(Cc1ccc(Cl)cc1)c1cnc2ccccc2c1. The fraction of sp³-hybridized carbons (Fsp3) is 0.118. The molecule has 0 fully saturated rings. The number of halogens is 1. The molecule has 0 aliphatic carbocycles. The largest absolute Gasteiger partial charge is 0.271 e. The first-order valence-corrected chi connectivity index (χ1v) is 7.19. The molecule has 0 aliphatic heterocycles. The van der Waals surface area contributed by atoms with Crippen molar-refractivity contribution < 1.29 is 0 Å². The van der Waals surface area contributed by atoms with Gasteiger partial charge in [-0.05, 0) is 41.8 Å². The summed E-state index contributed by atoms with van der Waals surface area (Å²) in [6, 6.07) is 18.0. The Labute approximate surface area is 128 Å². The van der Waals surface area contributed by atoms with Crippen LogP contribution in [0.1, 0.15) is 17.2 Å². The van der Waals surface area contributed by atoms with Crippen LogP contribution in [0.3, 0.4) is 0 Å². The lowest BCUT2D eigenvalue weighted by Crippen LogP contribution is -2.29. The first-order valence-electron chi connectivity index (χ1n) is 6.81. The number of para-hydroxylation sites is 1. The predicted molar refractivity (Wildman–Crippen MR) is 87.0 cm³/mol. The second-order valence-electron chi connectivity index (χ2n) is 5.01. The van der Waals surface area contributed by atoms with Crippen LogP contribution < -0.4 is 11.3 Å². The molecule has 3 rings (SSSR count). The molecule has 1 atom stereocenters. The Kier molecular flexibility index (Phi) is 4.15. The van der Waals surface area contributed by atoms with Gasteiger partial charge in [-0.1, -0.05) is 41.9 Å². The zero-order valence-electron chi connectivity index (χ0n) is 11.5. The van der Waals surface area contributed by atoms with Crippen molar-refractivity contribution >= 4 is 22.5 Å². The van der Waals surface area contributed by atoms with Crippen LogP contribution in [0.15, 0.2) is 60.8 Å². The summed E-state index contributed by atoms with van der Waals surface area (Å²) in [5.74, 6) is 5.72. The van der Waals surface area contributed by atoms with Crippen molar-refractivity contribution in [1.29, 1.82) is 0 Å². The van der Waals surface area contributed by atoms with Gasteiger partial charge in [0.2, 0.25) is 0 Å². The molecule has 0 saturated carbocycles. The van der Waals surface area contributed by atoms with E-state index >= 15 is 0 Å². The Morgan fingerprint density at radius 2 is 1.86 bits per heavy atom. The van der Waals surface area contributed by atoms with Gasteiger partial charge in [0.05, 0.1) is 11.6 Å². The van der Waals surface area contributed by atoms with Crippen LogP contribution in [0.25, 0.3) is 10.9 Å². The normalized spacial score (nSPS) is 12.5. The lowest BCUT2D eigenvalue weighted by Gasteiger charge is -2.16. The number of nitrogens with two attached hydrogens (primary N) is 1. The van der Waals surface area contributed by atoms with Gasteiger partial charge in [-0.15, -0.1) is 0 Å². The molecule has 0 amide bonds. The Morgan fingerprint density at radius 3 is 2.62 bits per heavy atom. The first-order chi connectivity index (χ1) is 10.3. The molecule has 4 heteroatoms. The Balaban J connectivity index is 1.88. The quantitative estimate of drug-likeness (QED) is 0.571. The van der Waals surface area contributed by atoms with Crippen molar-refractivity contribution in [2.24, 2.45) is 5.84 Å². The number of nitrogens with one attached hydrogen (secondary N) is 1. The number of hydrogen-bond acceptors (Lipinski definition) is 3. The summed E-state index contributed by atoms with van der Waals surface area (Å²) in [6.45, 7) is 0. The fourth-order valence-electron chi connectivity index (χ4n) is 2.41. The highest BCUT2D eigenvalue weighted by Crippen LogP contribution is 2.21. The van der Waals surface area contributed by atoms with E-state index in [1.807, 2.05) is 48.7 Å². The van der Waals surface area contributed by atoms with Crippen LogP contribution in [-0.2, 0) is 6.42 Å². The van der Waals surface area contributed by atoms with E-state index in [1.165, 1.54) is 5.56 Å². The van der Waals surface area contributed by atoms with Gasteiger partial charge in [0, 0.05) is 16.6 Å². The van der Waals surface area contributed by atoms with Crippen molar-refractivity contribution in [1.82, 2.24) is 10.4 Å². The molecule has 0 spiro atoms. The highest BCUT2D eigenvalue weighted by atomic mass is 35.5. The molecule has 0 radical (unpaired) electrons. The third kappa shape index (κ3) is 3.22. The maximum Gasteiger partial charge on any atom is 0.0702 e. The second kappa shape index (κ2) is 6.22. The highest BCUT2D eigenvalue weighted by Gasteiger charge is 2.11. The molecule has 1 aromatic heterocycles. The van der Waals surface area contributed by atoms with Gasteiger partial charge >= 0.3 is 0 Å². The number of rotatable bonds is 4. The third-order valence-electron chi connectivity index (χ3n) is 3.57. The monoisotopic (exact) mass is 297 g/mol. The van der Waals surface area contributed by atoms with Gasteiger partial charge in [-0.25, -0.2) is 0 Å². The standard InChI is InChI=1S/C17H16ClN3/c18-15-7-5-12(6-8-15)9-17(21-19)14-10-13-3-1-2-4-16(13)20-11-14/h1-8,10-11,17,21H,9,19H2. The minimum Gasteiger partial charge on any atom is -0.271 e. The van der Waals surface area contributed by atoms with Gasteiger partial charge in [0.1, 0.15) is 0 Å². The van der Waals surface area contributed by atoms with E-state index in [0.29, 0.717) is 0 Å². The molecular formula is C17H16ClN3. The van der Waals surface area contributed by atoms with Crippen LogP contribution in [0.4, 0.5) is 0 Å². The Morgan fingerprint density at radius 1 is 1.10 bits per heavy atom. The summed E-state index contributed by atoms with van der Waals surface area (Å²) >= 11 is 5.91. The summed E-state index contributed by atoms with van der Waals surface area (Å²) in [7, 11) is 0. The topological polar surface area (TPSA) is 50.9 Å². The summed E-state index contributed by atoms with van der Waals surface area (Å²) < 4.78 is 0. The molecule has 0 bridgehead atoms. The molecule has 3 aromatic rings. The first kappa shape index (κ1) is 14.0. The van der Waals surface area contributed by atoms with Crippen molar-refractivity contribution in [2.75, 3.05) is 0 Å². The van der Waals surface area contributed by atoms with Crippen molar-refractivity contribution in [3.63, 3.8) is 0 Å². The van der Waals surface area contributed by atoms with Crippen LogP contribution in [0.2, 0.25) is 5.02 Å². The molecule has 2 aromatic carbocycles. The number of aromatic nitrogens is 1. The number of fused-ring (bicyclic) bond motifs is 1. The number of hydrazine groups is 1. The molecule has 3 N–H and O–H groups in total. The van der Waals surface area contributed by atoms with Gasteiger partial charge < -0.3 is 0 Å². The van der Waals surface area contributed by atoms with E-state index in [4.69, 9.17) is 17.4 Å². The van der Waals surface area contributed by atoms with Crippen molar-refractivity contribution in [2.45, 2.75) is 12.5 Å². The molecule has 0 aliphatic rings. The zero-order chi connectivity index (χ0) is 14.7. The number of nitrogens with zero attached hydrogens (tertiary/aromatic N) is 1. The summed E-state index contributed by atoms with van der Waals surface area (Å²) in [5.41, 5.74) is 6.11. The predicted octanol–water partition coefficient (Wildman–Crippen LogP) is 3.64. The van der Waals surface area contributed by atoms with Crippen LogP contribution in [0, 0.1) is 0 Å². The molecule has 21 heavy (non-hydrogen) atoms. The maximum absolute atomic E-state index is 5.91. The highest BCUT2D eigenvalue weighted by molar-refractivity contribution is 6.30. The molecule has 0 saturated heterocycles. The molecule has 3 nitrogen and oxygen atoms in total. The van der Waals surface area contributed by atoms with E-state index < -0.39 is 0 Å². The number of hydrogen-bond donors (Lipinski definition) is 2. The maximum atomic E-state index is 5.91. The molecule has 106 valence electrons. The van der Waals surface area contributed by atoms with Crippen LogP contribution in [-0.4, -0.2) is 4.98 Å². The van der Waals surface area contributed by atoms with Gasteiger partial charge in [-0.3, -0.25) is 16.3 Å². The molecule has 1 unspecified atom stereocenters. The van der Waals surface area contributed by atoms with Gasteiger partial charge in [0.15, 0.2) is 0 Å². The minimum atomic E-state index is 0.0169. The summed E-state index contributed by atoms with van der Waals surface area (Å²) in [5, 5.41) is 1.86. The third-order valence-corrected chi connectivity index (χ3v) is 3.82. The fourth-order valence-corrected chi connectivity index (χ4v) is 2.53. The van der Waals surface area contributed by atoms with E-state index in [1.54, 1.807) is 0 Å². The van der Waals surface area contributed by atoms with E-state index in [-0.39, 0.29) is 6.04 Å². The minimum absolute atomic E-state index is 0.0169. The number of pyridine rings is 1. The zero-order valence-corrected chi connectivity index (χ0v) is 12.2. The molecule has 1 heterocycles. The smallest absolute Gasteiger partial charge is 0.0702 e. The van der Waals surface area contributed by atoms with Gasteiger partial charge in [0.25, 0.3) is 0 Å². The average molecular weight is 298 g/mol. The van der Waals surface area contributed by atoms with E-state index in [0.717, 1.165) is 27.9 Å². The Bertz CT molecular complexity index is 740. The van der Waals surface area contributed by atoms with Crippen molar-refractivity contribution in [3.8, 4) is 0 Å². The van der Waals surface area contributed by atoms with E-state index in [9.17, 15) is 0 Å². The average Bonchev–Trinajstić information content (AvgIpc) is 2.54. The summed E-state index contributed by atoms with van der Waals surface area (Å²) in [6.07, 6.45) is 2.66. The molecular weight excluding hydrogens is 282 g/mol. The lowest BCUT2D eigenvalue weighted by molar-refractivity contribution is 0.551. The second-order valence-corrected chi connectivity index (χ2v) is 5.45. The van der Waals surface area contributed by atoms with Crippen molar-refractivity contribution in [3.05, 3.63) is 76.9 Å². The van der Waals surface area contributed by atoms with Crippen LogP contribution >= 0.6 is 11.6 Å². The van der Waals surface area contributed by atoms with E-state index in [2.05, 4.69) is 22.5 Å². The van der Waals surface area contributed by atoms with Crippen LogP contribution in [0.5, 0.6) is 0 Å². The number of benzene rings is 2. The lowest BCUT2D eigenvalue weighted by atomic mass is 9.99. The Hall–Kier alpha value is -1.94.